The first kappa shape index (κ1) is 29.6. The third-order valence-electron chi connectivity index (χ3n) is 5.80. The summed E-state index contributed by atoms with van der Waals surface area (Å²) in [6.45, 7) is 15.7. The number of benzene rings is 2. The number of hydrogen-bond donors (Lipinski definition) is 3. The highest BCUT2D eigenvalue weighted by atomic mass is 16.6. The summed E-state index contributed by atoms with van der Waals surface area (Å²) in [4.78, 5) is 41.3. The van der Waals surface area contributed by atoms with Gasteiger partial charge in [-0.15, -0.1) is 6.58 Å². The Balaban J connectivity index is 2.55. The molecule has 0 saturated heterocycles. The quantitative estimate of drug-likeness (QED) is 0.432. The topological polar surface area (TPSA) is 108 Å². The van der Waals surface area contributed by atoms with Crippen molar-refractivity contribution >= 4 is 23.6 Å². The van der Waals surface area contributed by atoms with E-state index < -0.39 is 42.2 Å². The van der Waals surface area contributed by atoms with Crippen molar-refractivity contribution in [2.24, 2.45) is 0 Å². The van der Waals surface area contributed by atoms with E-state index in [1.54, 1.807) is 20.8 Å². The molecule has 8 nitrogen and oxygen atoms in total. The van der Waals surface area contributed by atoms with Crippen LogP contribution in [0, 0.1) is 27.7 Å². The number of hydrogen-bond acceptors (Lipinski definition) is 5. The van der Waals surface area contributed by atoms with Crippen LogP contribution >= 0.6 is 0 Å². The number of ether oxygens (including phenoxy) is 1. The van der Waals surface area contributed by atoms with Gasteiger partial charge in [0.15, 0.2) is 0 Å². The summed E-state index contributed by atoms with van der Waals surface area (Å²) in [5.41, 5.74) is 4.01. The van der Waals surface area contributed by atoms with Gasteiger partial charge in [-0.25, -0.2) is 4.79 Å². The minimum Gasteiger partial charge on any atom is -0.444 e. The van der Waals surface area contributed by atoms with Crippen LogP contribution in [0.2, 0.25) is 0 Å². The van der Waals surface area contributed by atoms with Gasteiger partial charge in [0.25, 0.3) is 5.91 Å². The number of alkyl carbamates (subject to hydrolysis) is 1. The fourth-order valence-electron chi connectivity index (χ4n) is 4.01. The Kier molecular flexibility index (Phi) is 10.0. The Morgan fingerprint density at radius 1 is 1.05 bits per heavy atom. The molecule has 2 aromatic rings. The first-order chi connectivity index (χ1) is 17.3. The monoisotopic (exact) mass is 509 g/mol. The molecule has 0 aliphatic rings. The Hall–Kier alpha value is -3.65. The first-order valence-corrected chi connectivity index (χ1v) is 12.2. The van der Waals surface area contributed by atoms with Crippen LogP contribution in [0.1, 0.15) is 54.6 Å². The molecule has 0 aliphatic carbocycles. The summed E-state index contributed by atoms with van der Waals surface area (Å²) in [5.74, 6) is -1.06. The number of rotatable bonds is 9. The lowest BCUT2D eigenvalue weighted by molar-refractivity contribution is -0.141. The lowest BCUT2D eigenvalue weighted by atomic mass is 9.95. The lowest BCUT2D eigenvalue weighted by Crippen LogP contribution is -2.54. The molecule has 37 heavy (non-hydrogen) atoms. The van der Waals surface area contributed by atoms with Crippen molar-refractivity contribution in [3.05, 3.63) is 76.9 Å². The molecule has 0 radical (unpaired) electrons. The average Bonchev–Trinajstić information content (AvgIpc) is 2.80. The Bertz CT molecular complexity index is 1130. The smallest absolute Gasteiger partial charge is 0.408 e. The molecule has 0 heterocycles. The molecule has 0 aliphatic heterocycles. The van der Waals surface area contributed by atoms with E-state index in [2.05, 4.69) is 17.2 Å². The molecular formula is C29H39N3O5. The van der Waals surface area contributed by atoms with Crippen LogP contribution in [-0.2, 0) is 14.3 Å². The fraction of sp³-hybridized carbons (Fsp3) is 0.414. The molecule has 2 aromatic carbocycles. The van der Waals surface area contributed by atoms with Crippen molar-refractivity contribution in [1.29, 1.82) is 0 Å². The molecule has 8 heteroatoms. The van der Waals surface area contributed by atoms with Gasteiger partial charge in [0, 0.05) is 12.2 Å². The highest BCUT2D eigenvalue weighted by molar-refractivity contribution is 6.00. The number of amides is 3. The second-order valence-electron chi connectivity index (χ2n) is 10.2. The first-order valence-electron chi connectivity index (χ1n) is 12.2. The van der Waals surface area contributed by atoms with Gasteiger partial charge in [-0.2, -0.15) is 0 Å². The zero-order chi connectivity index (χ0) is 27.9. The van der Waals surface area contributed by atoms with Crippen molar-refractivity contribution < 1.29 is 24.2 Å². The molecule has 2 atom stereocenters. The van der Waals surface area contributed by atoms with Crippen LogP contribution < -0.4 is 10.6 Å². The zero-order valence-corrected chi connectivity index (χ0v) is 22.8. The van der Waals surface area contributed by atoms with E-state index in [1.807, 2.05) is 64.1 Å². The maximum absolute atomic E-state index is 13.9. The molecule has 200 valence electrons. The maximum Gasteiger partial charge on any atom is 0.408 e. The van der Waals surface area contributed by atoms with Gasteiger partial charge in [-0.3, -0.25) is 9.59 Å². The number of aliphatic hydroxyl groups excluding tert-OH is 1. The van der Waals surface area contributed by atoms with Gasteiger partial charge in [0.2, 0.25) is 5.91 Å². The zero-order valence-electron chi connectivity index (χ0n) is 22.8. The largest absolute Gasteiger partial charge is 0.444 e. The van der Waals surface area contributed by atoms with Crippen molar-refractivity contribution in [1.82, 2.24) is 10.2 Å². The summed E-state index contributed by atoms with van der Waals surface area (Å²) in [6, 6.07) is 9.01. The normalized spacial score (nSPS) is 12.8. The van der Waals surface area contributed by atoms with Crippen LogP contribution in [0.15, 0.2) is 49.1 Å². The van der Waals surface area contributed by atoms with Crippen LogP contribution in [0.3, 0.4) is 0 Å². The van der Waals surface area contributed by atoms with Crippen molar-refractivity contribution in [3.8, 4) is 0 Å². The number of nitrogens with zero attached hydrogens (tertiary/aromatic N) is 1. The van der Waals surface area contributed by atoms with Crippen LogP contribution in [-0.4, -0.2) is 52.7 Å². The molecular weight excluding hydrogens is 470 g/mol. The third kappa shape index (κ3) is 7.92. The van der Waals surface area contributed by atoms with Crippen molar-refractivity contribution in [3.63, 3.8) is 0 Å². The van der Waals surface area contributed by atoms with Gasteiger partial charge < -0.3 is 25.4 Å². The van der Waals surface area contributed by atoms with Gasteiger partial charge >= 0.3 is 6.09 Å². The highest BCUT2D eigenvalue weighted by Gasteiger charge is 2.36. The number of aliphatic hydroxyl groups is 1. The minimum absolute atomic E-state index is 0.00353. The van der Waals surface area contributed by atoms with E-state index in [-0.39, 0.29) is 6.54 Å². The molecule has 0 fully saturated rings. The SMILES string of the molecule is C=CCN(C(=O)C(CO)NC(=O)OC(C)(C)C)C(C(=O)Nc1c(C)cccc1C)c1cc(C)ccc1C. The highest BCUT2D eigenvalue weighted by Crippen LogP contribution is 2.29. The van der Waals surface area contributed by atoms with Gasteiger partial charge in [-0.1, -0.05) is 48.0 Å². The summed E-state index contributed by atoms with van der Waals surface area (Å²) >= 11 is 0. The Morgan fingerprint density at radius 3 is 2.22 bits per heavy atom. The molecule has 0 spiro atoms. The molecule has 0 saturated carbocycles. The molecule has 3 amide bonds. The predicted octanol–water partition coefficient (Wildman–Crippen LogP) is 4.50. The maximum atomic E-state index is 13.9. The number of nitrogens with one attached hydrogen (secondary N) is 2. The summed E-state index contributed by atoms with van der Waals surface area (Å²) in [6.07, 6.45) is 0.659. The van der Waals surface area contributed by atoms with E-state index in [1.165, 1.54) is 11.0 Å². The molecule has 3 N–H and O–H groups in total. The number of para-hydroxylation sites is 1. The Morgan fingerprint density at radius 2 is 1.68 bits per heavy atom. The number of carbonyl (C=O) groups excluding carboxylic acids is 3. The van der Waals surface area contributed by atoms with Crippen molar-refractivity contribution in [2.45, 2.75) is 66.2 Å². The summed E-state index contributed by atoms with van der Waals surface area (Å²) < 4.78 is 5.26. The van der Waals surface area contributed by atoms with Crippen LogP contribution in [0.4, 0.5) is 10.5 Å². The van der Waals surface area contributed by atoms with E-state index in [9.17, 15) is 19.5 Å². The fourth-order valence-corrected chi connectivity index (χ4v) is 4.01. The predicted molar refractivity (Wildman–Crippen MR) is 145 cm³/mol. The second kappa shape index (κ2) is 12.5. The van der Waals surface area contributed by atoms with Crippen LogP contribution in [0.5, 0.6) is 0 Å². The lowest BCUT2D eigenvalue weighted by Gasteiger charge is -2.34. The molecule has 0 aromatic heterocycles. The van der Waals surface area contributed by atoms with E-state index >= 15 is 0 Å². The van der Waals surface area contributed by atoms with E-state index in [0.717, 1.165) is 22.3 Å². The number of carbonyl (C=O) groups is 3. The van der Waals surface area contributed by atoms with Crippen molar-refractivity contribution in [2.75, 3.05) is 18.5 Å². The van der Waals surface area contributed by atoms with Gasteiger partial charge in [-0.05, 0) is 70.7 Å². The Labute approximate surface area is 219 Å². The van der Waals surface area contributed by atoms with E-state index in [4.69, 9.17) is 4.74 Å². The van der Waals surface area contributed by atoms with E-state index in [0.29, 0.717) is 11.3 Å². The van der Waals surface area contributed by atoms with Crippen LogP contribution in [0.25, 0.3) is 0 Å². The number of aryl methyl sites for hydroxylation is 4. The van der Waals surface area contributed by atoms with Gasteiger partial charge in [0.05, 0.1) is 6.61 Å². The second-order valence-corrected chi connectivity index (χ2v) is 10.2. The summed E-state index contributed by atoms with van der Waals surface area (Å²) in [7, 11) is 0. The average molecular weight is 510 g/mol. The minimum atomic E-state index is -1.32. The molecule has 0 bridgehead atoms. The molecule has 2 rings (SSSR count). The molecule has 2 unspecified atom stereocenters. The van der Waals surface area contributed by atoms with Gasteiger partial charge in [0.1, 0.15) is 17.7 Å². The third-order valence-corrected chi connectivity index (χ3v) is 5.80. The summed E-state index contributed by atoms with van der Waals surface area (Å²) in [5, 5.41) is 15.5. The number of anilines is 1. The standard InChI is InChI=1S/C29H39N3O5/c1-9-15-32(27(35)23(17-33)30-28(36)37-29(6,7)8)25(22-16-18(2)13-14-19(22)3)26(34)31-24-20(4)11-10-12-21(24)5/h9-14,16,23,25,33H,1,15,17H2,2-8H3,(H,30,36)(H,31,34).